The molecule has 1 heterocycles. The van der Waals surface area contributed by atoms with Crippen LogP contribution < -0.4 is 5.73 Å². The molecule has 0 saturated carbocycles. The highest BCUT2D eigenvalue weighted by Crippen LogP contribution is 2.27. The summed E-state index contributed by atoms with van der Waals surface area (Å²) in [4.78, 5) is 0. The fourth-order valence-corrected chi connectivity index (χ4v) is 2.15. The Bertz CT molecular complexity index is 525. The molecule has 0 aliphatic carbocycles. The van der Waals surface area contributed by atoms with Crippen molar-refractivity contribution >= 4 is 0 Å². The lowest BCUT2D eigenvalue weighted by Gasteiger charge is -2.19. The summed E-state index contributed by atoms with van der Waals surface area (Å²) >= 11 is 0. The highest BCUT2D eigenvalue weighted by Gasteiger charge is 2.16. The molecule has 0 bridgehead atoms. The van der Waals surface area contributed by atoms with Gasteiger partial charge in [0, 0.05) is 18.7 Å². The molecule has 4 heteroatoms. The number of nitrogens with zero attached hydrogens (tertiary/aromatic N) is 3. The molecule has 0 fully saturated rings. The molecule has 19 heavy (non-hydrogen) atoms. The van der Waals surface area contributed by atoms with Crippen molar-refractivity contribution in [2.24, 2.45) is 5.73 Å². The molecule has 0 unspecified atom stereocenters. The van der Waals surface area contributed by atoms with Gasteiger partial charge in [0.05, 0.1) is 5.69 Å². The molecule has 102 valence electrons. The molecule has 2 aromatic rings. The van der Waals surface area contributed by atoms with Crippen molar-refractivity contribution in [1.82, 2.24) is 15.0 Å². The number of benzene rings is 1. The SMILES string of the molecule is CCn1nnc(CN)c1-c1ccc(C(C)(C)C)cc1. The van der Waals surface area contributed by atoms with E-state index in [-0.39, 0.29) is 5.41 Å². The van der Waals surface area contributed by atoms with Gasteiger partial charge in [0.1, 0.15) is 5.69 Å². The Kier molecular flexibility index (Phi) is 3.71. The van der Waals surface area contributed by atoms with Crippen molar-refractivity contribution in [1.29, 1.82) is 0 Å². The standard InChI is InChI=1S/C15H22N4/c1-5-19-14(13(10-16)17-18-19)11-6-8-12(9-7-11)15(2,3)4/h6-9H,5,10,16H2,1-4H3. The Morgan fingerprint density at radius 1 is 1.16 bits per heavy atom. The molecule has 0 amide bonds. The molecule has 0 aliphatic rings. The average Bonchev–Trinajstić information content (AvgIpc) is 2.80. The van der Waals surface area contributed by atoms with E-state index in [0.29, 0.717) is 6.54 Å². The first kappa shape index (κ1) is 13.7. The Balaban J connectivity index is 2.45. The quantitative estimate of drug-likeness (QED) is 0.921. The fourth-order valence-electron chi connectivity index (χ4n) is 2.15. The van der Waals surface area contributed by atoms with Crippen LogP contribution in [0.25, 0.3) is 11.3 Å². The summed E-state index contributed by atoms with van der Waals surface area (Å²) < 4.78 is 1.90. The highest BCUT2D eigenvalue weighted by atomic mass is 15.4. The first-order valence-corrected chi connectivity index (χ1v) is 6.70. The third kappa shape index (κ3) is 2.68. The second-order valence-electron chi connectivity index (χ2n) is 5.73. The molecule has 2 rings (SSSR count). The van der Waals surface area contributed by atoms with E-state index in [2.05, 4.69) is 62.3 Å². The zero-order valence-electron chi connectivity index (χ0n) is 12.1. The van der Waals surface area contributed by atoms with E-state index in [9.17, 15) is 0 Å². The summed E-state index contributed by atoms with van der Waals surface area (Å²) in [5.41, 5.74) is 10.2. The number of nitrogens with two attached hydrogens (primary N) is 1. The van der Waals surface area contributed by atoms with Crippen LogP contribution in [0.5, 0.6) is 0 Å². The van der Waals surface area contributed by atoms with Gasteiger partial charge in [-0.3, -0.25) is 0 Å². The summed E-state index contributed by atoms with van der Waals surface area (Å²) in [6.45, 7) is 9.91. The second-order valence-corrected chi connectivity index (χ2v) is 5.73. The van der Waals surface area contributed by atoms with Gasteiger partial charge in [-0.05, 0) is 17.9 Å². The number of aromatic nitrogens is 3. The third-order valence-electron chi connectivity index (χ3n) is 3.32. The molecule has 0 aliphatic heterocycles. The number of rotatable bonds is 3. The summed E-state index contributed by atoms with van der Waals surface area (Å²) in [5, 5.41) is 8.28. The van der Waals surface area contributed by atoms with Crippen LogP contribution in [0.3, 0.4) is 0 Å². The van der Waals surface area contributed by atoms with Gasteiger partial charge >= 0.3 is 0 Å². The van der Waals surface area contributed by atoms with Crippen LogP contribution in [0.2, 0.25) is 0 Å². The van der Waals surface area contributed by atoms with Gasteiger partial charge in [0.15, 0.2) is 0 Å². The van der Waals surface area contributed by atoms with Crippen LogP contribution in [0.15, 0.2) is 24.3 Å². The van der Waals surface area contributed by atoms with E-state index in [1.54, 1.807) is 0 Å². The van der Waals surface area contributed by atoms with Crippen LogP contribution in [0.1, 0.15) is 39.0 Å². The van der Waals surface area contributed by atoms with Crippen LogP contribution in [-0.2, 0) is 18.5 Å². The minimum atomic E-state index is 0.165. The van der Waals surface area contributed by atoms with Gasteiger partial charge in [0.2, 0.25) is 0 Å². The summed E-state index contributed by atoms with van der Waals surface area (Å²) in [5.74, 6) is 0. The van der Waals surface area contributed by atoms with Crippen molar-refractivity contribution in [3.05, 3.63) is 35.5 Å². The van der Waals surface area contributed by atoms with Crippen LogP contribution in [0, 0.1) is 0 Å². The maximum atomic E-state index is 5.74. The molecule has 4 nitrogen and oxygen atoms in total. The summed E-state index contributed by atoms with van der Waals surface area (Å²) in [7, 11) is 0. The summed E-state index contributed by atoms with van der Waals surface area (Å²) in [6, 6.07) is 8.60. The first-order chi connectivity index (χ1) is 8.97. The van der Waals surface area contributed by atoms with Crippen molar-refractivity contribution < 1.29 is 0 Å². The lowest BCUT2D eigenvalue weighted by molar-refractivity contribution is 0.590. The molecular formula is C15H22N4. The Hall–Kier alpha value is -1.68. The molecule has 0 atom stereocenters. The molecule has 0 spiro atoms. The molecule has 0 saturated heterocycles. The van der Waals surface area contributed by atoms with E-state index < -0.39 is 0 Å². The van der Waals surface area contributed by atoms with Gasteiger partial charge in [-0.15, -0.1) is 5.10 Å². The first-order valence-electron chi connectivity index (χ1n) is 6.70. The molecular weight excluding hydrogens is 236 g/mol. The van der Waals surface area contributed by atoms with E-state index in [1.807, 2.05) is 4.68 Å². The number of aryl methyl sites for hydroxylation is 1. The van der Waals surface area contributed by atoms with Crippen molar-refractivity contribution in [3.8, 4) is 11.3 Å². The lowest BCUT2D eigenvalue weighted by Crippen LogP contribution is -2.10. The van der Waals surface area contributed by atoms with E-state index in [1.165, 1.54) is 5.56 Å². The van der Waals surface area contributed by atoms with Gasteiger partial charge in [-0.25, -0.2) is 4.68 Å². The average molecular weight is 258 g/mol. The maximum Gasteiger partial charge on any atom is 0.104 e. The monoisotopic (exact) mass is 258 g/mol. The lowest BCUT2D eigenvalue weighted by atomic mass is 9.86. The van der Waals surface area contributed by atoms with Crippen molar-refractivity contribution in [2.75, 3.05) is 0 Å². The fraction of sp³-hybridized carbons (Fsp3) is 0.467. The van der Waals surface area contributed by atoms with Crippen LogP contribution in [-0.4, -0.2) is 15.0 Å². The van der Waals surface area contributed by atoms with Crippen molar-refractivity contribution in [2.45, 2.75) is 46.2 Å². The Morgan fingerprint density at radius 3 is 2.26 bits per heavy atom. The van der Waals surface area contributed by atoms with E-state index in [4.69, 9.17) is 5.73 Å². The molecule has 2 N–H and O–H groups in total. The van der Waals surface area contributed by atoms with Gasteiger partial charge in [-0.2, -0.15) is 0 Å². The van der Waals surface area contributed by atoms with E-state index >= 15 is 0 Å². The number of hydrogen-bond acceptors (Lipinski definition) is 3. The smallest absolute Gasteiger partial charge is 0.104 e. The zero-order valence-corrected chi connectivity index (χ0v) is 12.1. The van der Waals surface area contributed by atoms with Gasteiger partial charge in [-0.1, -0.05) is 50.3 Å². The zero-order chi connectivity index (χ0) is 14.0. The van der Waals surface area contributed by atoms with Gasteiger partial charge < -0.3 is 5.73 Å². The minimum Gasteiger partial charge on any atom is -0.325 e. The van der Waals surface area contributed by atoms with Gasteiger partial charge in [0.25, 0.3) is 0 Å². The van der Waals surface area contributed by atoms with Crippen molar-refractivity contribution in [3.63, 3.8) is 0 Å². The summed E-state index contributed by atoms with van der Waals surface area (Å²) in [6.07, 6.45) is 0. The maximum absolute atomic E-state index is 5.74. The highest BCUT2D eigenvalue weighted by molar-refractivity contribution is 5.62. The van der Waals surface area contributed by atoms with E-state index in [0.717, 1.165) is 23.5 Å². The third-order valence-corrected chi connectivity index (χ3v) is 3.32. The predicted octanol–water partition coefficient (Wildman–Crippen LogP) is 2.72. The largest absolute Gasteiger partial charge is 0.325 e. The second kappa shape index (κ2) is 5.13. The molecule has 1 aromatic heterocycles. The minimum absolute atomic E-state index is 0.165. The Morgan fingerprint density at radius 2 is 1.79 bits per heavy atom. The van der Waals surface area contributed by atoms with Crippen LogP contribution in [0.4, 0.5) is 0 Å². The molecule has 1 aromatic carbocycles. The van der Waals surface area contributed by atoms with Crippen LogP contribution >= 0.6 is 0 Å². The topological polar surface area (TPSA) is 56.7 Å². The molecule has 0 radical (unpaired) electrons. The Labute approximate surface area is 114 Å². The number of hydrogen-bond donors (Lipinski definition) is 1. The predicted molar refractivity (Wildman–Crippen MR) is 77.7 cm³/mol. The normalized spacial score (nSPS) is 11.8.